The van der Waals surface area contributed by atoms with Crippen molar-refractivity contribution in [1.82, 2.24) is 10.3 Å². The zero-order valence-corrected chi connectivity index (χ0v) is 10.2. The summed E-state index contributed by atoms with van der Waals surface area (Å²) in [6.45, 7) is 5.57. The van der Waals surface area contributed by atoms with E-state index in [-0.39, 0.29) is 0 Å². The van der Waals surface area contributed by atoms with Crippen LogP contribution in [0, 0.1) is 12.8 Å². The summed E-state index contributed by atoms with van der Waals surface area (Å²) >= 11 is 0. The number of nitrogens with zero attached hydrogens (tertiary/aromatic N) is 2. The van der Waals surface area contributed by atoms with Crippen molar-refractivity contribution in [2.45, 2.75) is 19.8 Å². The van der Waals surface area contributed by atoms with E-state index in [4.69, 9.17) is 0 Å². The van der Waals surface area contributed by atoms with Crippen molar-refractivity contribution in [3.8, 4) is 0 Å². The Morgan fingerprint density at radius 2 is 2.19 bits per heavy atom. The third-order valence-corrected chi connectivity index (χ3v) is 3.39. The van der Waals surface area contributed by atoms with Crippen molar-refractivity contribution in [3.63, 3.8) is 0 Å². The molecule has 1 saturated heterocycles. The summed E-state index contributed by atoms with van der Waals surface area (Å²) in [5.41, 5.74) is 1.29. The fraction of sp³-hybridized carbons (Fsp3) is 0.615. The maximum absolute atomic E-state index is 4.48. The monoisotopic (exact) mass is 219 g/mol. The minimum Gasteiger partial charge on any atom is -0.356 e. The van der Waals surface area contributed by atoms with Crippen molar-refractivity contribution in [3.05, 3.63) is 23.9 Å². The molecule has 0 saturated carbocycles. The molecule has 1 aromatic rings. The van der Waals surface area contributed by atoms with Crippen LogP contribution in [0.2, 0.25) is 0 Å². The van der Waals surface area contributed by atoms with Gasteiger partial charge in [-0.2, -0.15) is 0 Å². The van der Waals surface area contributed by atoms with E-state index < -0.39 is 0 Å². The lowest BCUT2D eigenvalue weighted by Gasteiger charge is -2.33. The van der Waals surface area contributed by atoms with Crippen LogP contribution in [-0.2, 0) is 0 Å². The van der Waals surface area contributed by atoms with E-state index in [1.165, 1.54) is 24.2 Å². The van der Waals surface area contributed by atoms with Gasteiger partial charge < -0.3 is 10.2 Å². The van der Waals surface area contributed by atoms with Crippen LogP contribution in [0.4, 0.5) is 5.82 Å². The average molecular weight is 219 g/mol. The third-order valence-electron chi connectivity index (χ3n) is 3.39. The van der Waals surface area contributed by atoms with Gasteiger partial charge in [-0.25, -0.2) is 4.98 Å². The molecule has 1 N–H and O–H groups in total. The first-order chi connectivity index (χ1) is 7.81. The maximum Gasteiger partial charge on any atom is 0.131 e. The van der Waals surface area contributed by atoms with Crippen molar-refractivity contribution < 1.29 is 0 Å². The lowest BCUT2D eigenvalue weighted by atomic mass is 9.96. The Morgan fingerprint density at radius 1 is 1.44 bits per heavy atom. The number of rotatable bonds is 3. The van der Waals surface area contributed by atoms with Gasteiger partial charge in [-0.3, -0.25) is 0 Å². The molecule has 1 aromatic heterocycles. The Labute approximate surface area is 97.9 Å². The fourth-order valence-corrected chi connectivity index (χ4v) is 2.45. The highest BCUT2D eigenvalue weighted by atomic mass is 15.2. The molecule has 0 amide bonds. The largest absolute Gasteiger partial charge is 0.356 e. The van der Waals surface area contributed by atoms with Crippen molar-refractivity contribution in [2.75, 3.05) is 31.6 Å². The van der Waals surface area contributed by atoms with Gasteiger partial charge in [0.2, 0.25) is 0 Å². The van der Waals surface area contributed by atoms with Crippen LogP contribution in [0.1, 0.15) is 18.4 Å². The topological polar surface area (TPSA) is 28.2 Å². The molecular formula is C13H21N3. The van der Waals surface area contributed by atoms with Gasteiger partial charge in [-0.15, -0.1) is 0 Å². The third kappa shape index (κ3) is 2.53. The molecule has 0 radical (unpaired) electrons. The van der Waals surface area contributed by atoms with Crippen LogP contribution in [0.25, 0.3) is 0 Å². The molecule has 1 aliphatic heterocycles. The average Bonchev–Trinajstić information content (AvgIpc) is 2.31. The number of nitrogens with one attached hydrogen (secondary N) is 1. The smallest absolute Gasteiger partial charge is 0.131 e. The molecule has 3 heteroatoms. The predicted octanol–water partition coefficient (Wildman–Crippen LogP) is 1.83. The van der Waals surface area contributed by atoms with Gasteiger partial charge in [-0.05, 0) is 50.9 Å². The van der Waals surface area contributed by atoms with Gasteiger partial charge in [0.25, 0.3) is 0 Å². The Kier molecular flexibility index (Phi) is 3.78. The molecule has 3 nitrogen and oxygen atoms in total. The van der Waals surface area contributed by atoms with Crippen LogP contribution < -0.4 is 10.2 Å². The first-order valence-corrected chi connectivity index (χ1v) is 6.12. The summed E-state index contributed by atoms with van der Waals surface area (Å²) in [7, 11) is 2.04. The van der Waals surface area contributed by atoms with Gasteiger partial charge in [0, 0.05) is 19.3 Å². The molecule has 0 atom stereocenters. The van der Waals surface area contributed by atoms with Crippen LogP contribution in [0.15, 0.2) is 18.3 Å². The molecular weight excluding hydrogens is 198 g/mol. The number of hydrogen-bond donors (Lipinski definition) is 1. The van der Waals surface area contributed by atoms with E-state index in [9.17, 15) is 0 Å². The first kappa shape index (κ1) is 11.4. The maximum atomic E-state index is 4.48. The number of aryl methyl sites for hydroxylation is 1. The second-order valence-electron chi connectivity index (χ2n) is 4.63. The molecule has 0 bridgehead atoms. The Morgan fingerprint density at radius 3 is 2.81 bits per heavy atom. The summed E-state index contributed by atoms with van der Waals surface area (Å²) in [6.07, 6.45) is 4.44. The molecule has 0 aromatic carbocycles. The highest BCUT2D eigenvalue weighted by Gasteiger charge is 2.20. The van der Waals surface area contributed by atoms with E-state index in [0.29, 0.717) is 0 Å². The van der Waals surface area contributed by atoms with E-state index in [2.05, 4.69) is 28.2 Å². The van der Waals surface area contributed by atoms with Crippen LogP contribution in [0.5, 0.6) is 0 Å². The summed E-state index contributed by atoms with van der Waals surface area (Å²) in [6, 6.07) is 4.15. The van der Waals surface area contributed by atoms with E-state index in [1.807, 2.05) is 19.3 Å². The van der Waals surface area contributed by atoms with Crippen LogP contribution in [-0.4, -0.2) is 31.7 Å². The molecule has 1 fully saturated rings. The zero-order valence-electron chi connectivity index (χ0n) is 10.2. The highest BCUT2D eigenvalue weighted by Crippen LogP contribution is 2.23. The number of piperidine rings is 1. The molecule has 16 heavy (non-hydrogen) atoms. The summed E-state index contributed by atoms with van der Waals surface area (Å²) in [4.78, 5) is 6.90. The summed E-state index contributed by atoms with van der Waals surface area (Å²) in [5, 5.41) is 3.27. The van der Waals surface area contributed by atoms with Gasteiger partial charge >= 0.3 is 0 Å². The van der Waals surface area contributed by atoms with E-state index >= 15 is 0 Å². The Bertz CT molecular complexity index is 330. The van der Waals surface area contributed by atoms with Crippen molar-refractivity contribution in [2.24, 2.45) is 5.92 Å². The van der Waals surface area contributed by atoms with Crippen LogP contribution >= 0.6 is 0 Å². The molecule has 2 rings (SSSR count). The first-order valence-electron chi connectivity index (χ1n) is 6.12. The van der Waals surface area contributed by atoms with E-state index in [1.54, 1.807) is 0 Å². The van der Waals surface area contributed by atoms with Gasteiger partial charge in [0.05, 0.1) is 0 Å². The standard InChI is InChI=1S/C13H21N3/c1-11-4-3-7-15-13(11)16-8-5-12(6-9-16)10-14-2/h3-4,7,12,14H,5-6,8-10H2,1-2H3. The molecule has 1 aliphatic rings. The minimum atomic E-state index is 0.838. The van der Waals surface area contributed by atoms with Gasteiger partial charge in [0.1, 0.15) is 5.82 Å². The van der Waals surface area contributed by atoms with Crippen LogP contribution in [0.3, 0.4) is 0 Å². The lowest BCUT2D eigenvalue weighted by Crippen LogP contribution is -2.37. The zero-order chi connectivity index (χ0) is 11.4. The molecule has 88 valence electrons. The number of pyridine rings is 1. The minimum absolute atomic E-state index is 0.838. The molecule has 2 heterocycles. The Hall–Kier alpha value is -1.09. The second kappa shape index (κ2) is 5.30. The quantitative estimate of drug-likeness (QED) is 0.840. The number of anilines is 1. The normalized spacial score (nSPS) is 17.8. The predicted molar refractivity (Wildman–Crippen MR) is 67.8 cm³/mol. The second-order valence-corrected chi connectivity index (χ2v) is 4.63. The van der Waals surface area contributed by atoms with Crippen molar-refractivity contribution >= 4 is 5.82 Å². The number of aromatic nitrogens is 1. The van der Waals surface area contributed by atoms with Gasteiger partial charge in [0.15, 0.2) is 0 Å². The summed E-state index contributed by atoms with van der Waals surface area (Å²) in [5.74, 6) is 2.01. The molecule has 0 aliphatic carbocycles. The van der Waals surface area contributed by atoms with E-state index in [0.717, 1.165) is 25.6 Å². The van der Waals surface area contributed by atoms with Crippen molar-refractivity contribution in [1.29, 1.82) is 0 Å². The Balaban J connectivity index is 1.96. The highest BCUT2D eigenvalue weighted by molar-refractivity contribution is 5.46. The number of hydrogen-bond acceptors (Lipinski definition) is 3. The van der Waals surface area contributed by atoms with Gasteiger partial charge in [-0.1, -0.05) is 6.07 Å². The lowest BCUT2D eigenvalue weighted by molar-refractivity contribution is 0.392. The molecule has 0 spiro atoms. The fourth-order valence-electron chi connectivity index (χ4n) is 2.45. The molecule has 0 unspecified atom stereocenters. The SMILES string of the molecule is CNCC1CCN(c2ncccc2C)CC1. The summed E-state index contributed by atoms with van der Waals surface area (Å²) < 4.78 is 0.